The molecule has 0 saturated carbocycles. The van der Waals surface area contributed by atoms with E-state index in [-0.39, 0.29) is 100.0 Å². The van der Waals surface area contributed by atoms with Gasteiger partial charge in [-0.1, -0.05) is 51.0 Å². The lowest BCUT2D eigenvalue weighted by Gasteiger charge is -2.26. The molecule has 0 bridgehead atoms. The van der Waals surface area contributed by atoms with E-state index >= 15 is 0 Å². The second kappa shape index (κ2) is 49.4. The topological polar surface area (TPSA) is 182 Å². The van der Waals surface area contributed by atoms with E-state index in [2.05, 4.69) is 48.0 Å². The number of nitrogens with zero attached hydrogens (tertiary/aromatic N) is 2. The van der Waals surface area contributed by atoms with Crippen molar-refractivity contribution in [1.82, 2.24) is 9.80 Å². The summed E-state index contributed by atoms with van der Waals surface area (Å²) in [7, 11) is -6.76. The molecule has 0 aliphatic heterocycles. The normalized spacial score (nSPS) is 13.3. The molecule has 0 spiro atoms. The number of rotatable bonds is 36. The summed E-state index contributed by atoms with van der Waals surface area (Å²) < 4.78 is 51.3. The van der Waals surface area contributed by atoms with Gasteiger partial charge in [-0.15, -0.1) is 74.4 Å². The van der Waals surface area contributed by atoms with Crippen molar-refractivity contribution in [3.63, 3.8) is 0 Å². The van der Waals surface area contributed by atoms with Crippen LogP contribution in [0.2, 0.25) is 0 Å². The molecule has 8 N–H and O–H groups in total. The molecule has 0 saturated heterocycles. The third-order valence-corrected chi connectivity index (χ3v) is 11.1. The standard InChI is InChI=1S/C33H72N6O6P2.6ClH/c1-3-5-7-9-11-28-42-46(40,32-26-38(22-13-18-34)23-14-19-35)44-30-17-31-45-47(41,43-29-12-10-8-6-4-2)33-27-39(24-15-20-36)25-16-21-37;;;;;;/h7-10H,3-6,11-37H2,1-2H3;6*1H/b9-7-,10-8-;;;;;;. The maximum atomic E-state index is 13.8. The number of allylic oxidation sites excluding steroid dienone is 2. The van der Waals surface area contributed by atoms with Crippen LogP contribution in [-0.4, -0.2) is 114 Å². The highest BCUT2D eigenvalue weighted by Gasteiger charge is 2.27. The molecule has 0 amide bonds. The van der Waals surface area contributed by atoms with E-state index in [1.165, 1.54) is 0 Å². The first-order valence-corrected chi connectivity index (χ1v) is 21.6. The Bertz CT molecular complexity index is 799. The molecule has 2 unspecified atom stereocenters. The minimum absolute atomic E-state index is 0. The Labute approximate surface area is 360 Å². The lowest BCUT2D eigenvalue weighted by Crippen LogP contribution is -2.31. The third kappa shape index (κ3) is 42.7. The molecule has 12 nitrogen and oxygen atoms in total. The molecule has 53 heavy (non-hydrogen) atoms. The quantitative estimate of drug-likeness (QED) is 0.0272. The van der Waals surface area contributed by atoms with Crippen LogP contribution >= 0.6 is 89.6 Å². The fraction of sp³-hybridized carbons (Fsp3) is 0.879. The number of nitrogens with two attached hydrogens (primary N) is 4. The molecule has 0 heterocycles. The van der Waals surface area contributed by atoms with Crippen molar-refractivity contribution in [3.8, 4) is 0 Å². The van der Waals surface area contributed by atoms with Crippen LogP contribution in [0.25, 0.3) is 0 Å². The predicted octanol–water partition coefficient (Wildman–Crippen LogP) is 7.85. The maximum Gasteiger partial charge on any atom is 0.331 e. The summed E-state index contributed by atoms with van der Waals surface area (Å²) in [6.07, 6.45) is 18.2. The van der Waals surface area contributed by atoms with Gasteiger partial charge in [-0.3, -0.25) is 9.13 Å². The molecule has 0 aliphatic rings. The number of halogens is 6. The molecular formula is C33H78Cl6N6O6P2. The van der Waals surface area contributed by atoms with E-state index < -0.39 is 15.2 Å². The zero-order chi connectivity index (χ0) is 34.9. The smallest absolute Gasteiger partial charge is 0.330 e. The van der Waals surface area contributed by atoms with Crippen LogP contribution in [0.3, 0.4) is 0 Å². The van der Waals surface area contributed by atoms with Crippen molar-refractivity contribution in [2.24, 2.45) is 22.9 Å². The van der Waals surface area contributed by atoms with Crippen molar-refractivity contribution >= 4 is 89.6 Å². The first-order chi connectivity index (χ1) is 22.8. The molecule has 0 fully saturated rings. The number of hydrogen-bond acceptors (Lipinski definition) is 12. The molecule has 0 radical (unpaired) electrons. The Balaban J connectivity index is -0.000000705. The van der Waals surface area contributed by atoms with Crippen molar-refractivity contribution in [2.45, 2.75) is 84.5 Å². The Morgan fingerprint density at radius 2 is 0.717 bits per heavy atom. The van der Waals surface area contributed by atoms with E-state index in [9.17, 15) is 9.13 Å². The monoisotopic (exact) mass is 926 g/mol. The first kappa shape index (κ1) is 68.9. The summed E-state index contributed by atoms with van der Waals surface area (Å²) >= 11 is 0. The van der Waals surface area contributed by atoms with Crippen molar-refractivity contribution in [3.05, 3.63) is 24.3 Å². The molecular weight excluding hydrogens is 851 g/mol. The highest BCUT2D eigenvalue weighted by Crippen LogP contribution is 2.50. The first-order valence-electron chi connectivity index (χ1n) is 18.1. The van der Waals surface area contributed by atoms with Gasteiger partial charge < -0.3 is 50.8 Å². The third-order valence-electron chi connectivity index (χ3n) is 7.35. The van der Waals surface area contributed by atoms with Crippen LogP contribution in [0.1, 0.15) is 84.5 Å². The summed E-state index contributed by atoms with van der Waals surface area (Å²) in [5, 5.41) is 0. The van der Waals surface area contributed by atoms with E-state index in [4.69, 9.17) is 41.0 Å². The summed E-state index contributed by atoms with van der Waals surface area (Å²) in [6, 6.07) is 0. The van der Waals surface area contributed by atoms with Gasteiger partial charge in [0.15, 0.2) is 0 Å². The predicted molar refractivity (Wildman–Crippen MR) is 242 cm³/mol. The van der Waals surface area contributed by atoms with Gasteiger partial charge in [0.25, 0.3) is 0 Å². The lowest BCUT2D eigenvalue weighted by molar-refractivity contribution is 0.169. The molecule has 2 atom stereocenters. The number of hydrogen-bond donors (Lipinski definition) is 4. The van der Waals surface area contributed by atoms with E-state index in [1.807, 2.05) is 0 Å². The molecule has 0 aliphatic carbocycles. The van der Waals surface area contributed by atoms with Gasteiger partial charge in [-0.05, 0) is 110 Å². The molecule has 0 aromatic carbocycles. The summed E-state index contributed by atoms with van der Waals surface area (Å²) in [4.78, 5) is 4.44. The minimum Gasteiger partial charge on any atom is -0.330 e. The lowest BCUT2D eigenvalue weighted by atomic mass is 10.3. The van der Waals surface area contributed by atoms with Gasteiger partial charge in [-0.25, -0.2) is 0 Å². The average molecular weight is 930 g/mol. The highest BCUT2D eigenvalue weighted by molar-refractivity contribution is 7.54. The highest BCUT2D eigenvalue weighted by atomic mass is 35.5. The second-order valence-corrected chi connectivity index (χ2v) is 16.1. The Kier molecular flexibility index (Phi) is 64.3. The van der Waals surface area contributed by atoms with E-state index in [0.717, 1.165) is 77.5 Å². The van der Waals surface area contributed by atoms with E-state index in [1.54, 1.807) is 0 Å². The van der Waals surface area contributed by atoms with Crippen molar-refractivity contribution < 1.29 is 27.2 Å². The van der Waals surface area contributed by atoms with Crippen molar-refractivity contribution in [1.29, 1.82) is 0 Å². The van der Waals surface area contributed by atoms with E-state index in [0.29, 0.717) is 71.7 Å². The molecule has 328 valence electrons. The van der Waals surface area contributed by atoms with Gasteiger partial charge in [0, 0.05) is 13.1 Å². The summed E-state index contributed by atoms with van der Waals surface area (Å²) in [5.41, 5.74) is 22.9. The van der Waals surface area contributed by atoms with Gasteiger partial charge in [0.1, 0.15) is 0 Å². The van der Waals surface area contributed by atoms with Crippen LogP contribution in [-0.2, 0) is 27.2 Å². The van der Waals surface area contributed by atoms with Gasteiger partial charge >= 0.3 is 15.2 Å². The number of unbranched alkanes of at least 4 members (excludes halogenated alkanes) is 2. The van der Waals surface area contributed by atoms with Crippen LogP contribution in [0.4, 0.5) is 0 Å². The molecule has 0 aromatic heterocycles. The van der Waals surface area contributed by atoms with Gasteiger partial charge in [-0.2, -0.15) is 0 Å². The van der Waals surface area contributed by atoms with Crippen molar-refractivity contribution in [2.75, 3.05) is 104 Å². The van der Waals surface area contributed by atoms with Gasteiger partial charge in [0.2, 0.25) is 0 Å². The Morgan fingerprint density at radius 3 is 1.00 bits per heavy atom. The molecule has 0 rings (SSSR count). The second-order valence-electron chi connectivity index (χ2n) is 11.7. The zero-order valence-electron chi connectivity index (χ0n) is 32.4. The molecule has 0 aromatic rings. The summed E-state index contributed by atoms with van der Waals surface area (Å²) in [5.74, 6) is 0. The Hall–Kier alpha value is 1.28. The molecule has 20 heteroatoms. The van der Waals surface area contributed by atoms with Crippen LogP contribution in [0.5, 0.6) is 0 Å². The fourth-order valence-electron chi connectivity index (χ4n) is 4.58. The fourth-order valence-corrected chi connectivity index (χ4v) is 7.88. The van der Waals surface area contributed by atoms with Crippen LogP contribution < -0.4 is 22.9 Å². The average Bonchev–Trinajstić information content (AvgIpc) is 3.07. The SMILES string of the molecule is CCC/C=C\CCOP(=O)(CCN(CCCN)CCCN)OCCCOP(=O)(CCN(CCCN)CCCN)OCC/C=C\CCC.Cl.Cl.Cl.Cl.Cl.Cl. The largest absolute Gasteiger partial charge is 0.331 e. The summed E-state index contributed by atoms with van der Waals surface area (Å²) in [6.45, 7) is 12.0. The zero-order valence-corrected chi connectivity index (χ0v) is 39.1. The van der Waals surface area contributed by atoms with Gasteiger partial charge in [0.05, 0.1) is 38.8 Å². The van der Waals surface area contributed by atoms with Crippen LogP contribution in [0.15, 0.2) is 24.3 Å². The Morgan fingerprint density at radius 1 is 0.434 bits per heavy atom. The minimum atomic E-state index is -3.38. The van der Waals surface area contributed by atoms with Crippen LogP contribution in [0, 0.1) is 0 Å². The maximum absolute atomic E-state index is 13.8.